The first kappa shape index (κ1) is 23.8. The first-order valence-corrected chi connectivity index (χ1v) is 13.7. The van der Waals surface area contributed by atoms with Gasteiger partial charge in [0.15, 0.2) is 0 Å². The van der Waals surface area contributed by atoms with Gasteiger partial charge in [-0.3, -0.25) is 14.6 Å². The van der Waals surface area contributed by atoms with Crippen LogP contribution in [-0.2, 0) is 9.59 Å². The monoisotopic (exact) mass is 512 g/mol. The summed E-state index contributed by atoms with van der Waals surface area (Å²) in [5, 5.41) is 20.1. The molecule has 3 aliphatic heterocycles. The van der Waals surface area contributed by atoms with E-state index in [-0.39, 0.29) is 23.8 Å². The van der Waals surface area contributed by atoms with Crippen LogP contribution in [0, 0.1) is 11.3 Å². The lowest BCUT2D eigenvalue weighted by molar-refractivity contribution is -0.120. The van der Waals surface area contributed by atoms with Crippen LogP contribution in [0.15, 0.2) is 53.6 Å². The average molecular weight is 513 g/mol. The molecule has 188 valence electrons. The molecule has 37 heavy (non-hydrogen) atoms. The number of hydrogen-bond acceptors (Lipinski definition) is 7. The van der Waals surface area contributed by atoms with Gasteiger partial charge in [0.05, 0.1) is 34.5 Å². The fraction of sp³-hybridized carbons (Fsp3) is 0.357. The molecule has 3 aromatic rings. The minimum Gasteiger partial charge on any atom is -0.371 e. The molecule has 0 spiro atoms. The van der Waals surface area contributed by atoms with E-state index in [0.29, 0.717) is 17.4 Å². The highest BCUT2D eigenvalue weighted by molar-refractivity contribution is 8.00. The zero-order chi connectivity index (χ0) is 25.4. The Kier molecular flexibility index (Phi) is 6.45. The minimum absolute atomic E-state index is 0.00248. The van der Waals surface area contributed by atoms with Crippen LogP contribution in [0.1, 0.15) is 36.3 Å². The summed E-state index contributed by atoms with van der Waals surface area (Å²) in [6.45, 7) is 2.59. The van der Waals surface area contributed by atoms with Crippen LogP contribution in [0.5, 0.6) is 0 Å². The van der Waals surface area contributed by atoms with Gasteiger partial charge in [-0.2, -0.15) is 5.26 Å². The number of benzene rings is 2. The van der Waals surface area contributed by atoms with Gasteiger partial charge in [-0.25, -0.2) is 0 Å². The van der Waals surface area contributed by atoms with E-state index in [1.807, 2.05) is 48.7 Å². The third-order valence-corrected chi connectivity index (χ3v) is 8.63. The Balaban J connectivity index is 1.04. The molecule has 3 N–H and O–H groups in total. The number of rotatable bonds is 5. The maximum Gasteiger partial charge on any atom is 0.234 e. The Hall–Kier alpha value is -3.61. The Morgan fingerprint density at radius 2 is 2.00 bits per heavy atom. The van der Waals surface area contributed by atoms with E-state index < -0.39 is 0 Å². The summed E-state index contributed by atoms with van der Waals surface area (Å²) >= 11 is 1.53. The summed E-state index contributed by atoms with van der Waals surface area (Å²) in [6.07, 6.45) is 4.60. The van der Waals surface area contributed by atoms with Gasteiger partial charge >= 0.3 is 0 Å². The number of amides is 2. The summed E-state index contributed by atoms with van der Waals surface area (Å²) in [6, 6.07) is 16.4. The number of anilines is 2. The molecule has 0 saturated carbocycles. The van der Waals surface area contributed by atoms with Crippen molar-refractivity contribution < 1.29 is 9.59 Å². The predicted molar refractivity (Wildman–Crippen MR) is 145 cm³/mol. The van der Waals surface area contributed by atoms with Crippen LogP contribution in [0.25, 0.3) is 10.9 Å². The van der Waals surface area contributed by atoms with Crippen LogP contribution in [0.2, 0.25) is 0 Å². The SMILES string of the molecule is N#Cc1ccc2nccc(N3CCC(NCC4C[C@H](c5ccc6c(c5)NC(=O)CS6)C(=O)N4)CC3)c2c1. The molecule has 2 amide bonds. The average Bonchev–Trinajstić information content (AvgIpc) is 3.31. The van der Waals surface area contributed by atoms with Gasteiger partial charge in [0, 0.05) is 53.9 Å². The van der Waals surface area contributed by atoms with Crippen molar-refractivity contribution in [3.05, 3.63) is 59.8 Å². The Labute approximate surface area is 219 Å². The molecule has 2 saturated heterocycles. The minimum atomic E-state index is -0.193. The second-order valence-electron chi connectivity index (χ2n) is 9.93. The van der Waals surface area contributed by atoms with Gasteiger partial charge in [-0.05, 0) is 61.2 Å². The molecule has 2 fully saturated rings. The highest BCUT2D eigenvalue weighted by Gasteiger charge is 2.34. The van der Waals surface area contributed by atoms with Gasteiger partial charge in [-0.1, -0.05) is 6.07 Å². The number of aromatic nitrogens is 1. The highest BCUT2D eigenvalue weighted by Crippen LogP contribution is 2.36. The van der Waals surface area contributed by atoms with Crippen molar-refractivity contribution in [3.63, 3.8) is 0 Å². The van der Waals surface area contributed by atoms with Crippen molar-refractivity contribution >= 4 is 45.9 Å². The van der Waals surface area contributed by atoms with E-state index in [4.69, 9.17) is 0 Å². The maximum atomic E-state index is 12.8. The number of nitrogens with one attached hydrogen (secondary N) is 3. The molecule has 9 heteroatoms. The molecular formula is C28H28N6O2S. The third kappa shape index (κ3) is 4.87. The Morgan fingerprint density at radius 1 is 1.14 bits per heavy atom. The topological polar surface area (TPSA) is 110 Å². The number of carbonyl (C=O) groups excluding carboxylic acids is 2. The summed E-state index contributed by atoms with van der Waals surface area (Å²) in [7, 11) is 0. The van der Waals surface area contributed by atoms with E-state index in [1.165, 1.54) is 11.8 Å². The quantitative estimate of drug-likeness (QED) is 0.481. The molecule has 0 bridgehead atoms. The van der Waals surface area contributed by atoms with Crippen LogP contribution >= 0.6 is 11.8 Å². The first-order chi connectivity index (χ1) is 18.1. The molecule has 8 nitrogen and oxygen atoms in total. The van der Waals surface area contributed by atoms with Gasteiger partial charge in [0.2, 0.25) is 11.8 Å². The number of carbonyl (C=O) groups is 2. The number of pyridine rings is 1. The van der Waals surface area contributed by atoms with E-state index in [9.17, 15) is 14.9 Å². The van der Waals surface area contributed by atoms with Crippen LogP contribution < -0.4 is 20.9 Å². The molecule has 3 aliphatic rings. The lowest BCUT2D eigenvalue weighted by Gasteiger charge is -2.35. The van der Waals surface area contributed by atoms with Crippen molar-refractivity contribution in [2.45, 2.75) is 42.2 Å². The van der Waals surface area contributed by atoms with Crippen molar-refractivity contribution in [3.8, 4) is 6.07 Å². The summed E-state index contributed by atoms with van der Waals surface area (Å²) in [5.41, 5.74) is 4.45. The standard InChI is InChI=1S/C28H28N6O2S/c29-14-17-1-3-23-22(11-17)25(5-8-30-23)34-9-6-19(7-10-34)31-15-20-13-21(28(36)32-20)18-2-4-26-24(12-18)33-27(35)16-37-26/h1-5,8,11-12,19-21,31H,6-7,9-10,13,15-16H2,(H,32,36)(H,33,35)/t20?,21-/m1/s1. The van der Waals surface area contributed by atoms with E-state index in [0.717, 1.165) is 71.6 Å². The fourth-order valence-electron chi connectivity index (χ4n) is 5.60. The molecule has 0 radical (unpaired) electrons. The summed E-state index contributed by atoms with van der Waals surface area (Å²) in [4.78, 5) is 32.4. The van der Waals surface area contributed by atoms with Gasteiger partial charge in [0.25, 0.3) is 0 Å². The maximum absolute atomic E-state index is 12.8. The summed E-state index contributed by atoms with van der Waals surface area (Å²) < 4.78 is 0. The van der Waals surface area contributed by atoms with Gasteiger partial charge in [-0.15, -0.1) is 11.8 Å². The molecule has 2 atom stereocenters. The zero-order valence-electron chi connectivity index (χ0n) is 20.4. The summed E-state index contributed by atoms with van der Waals surface area (Å²) in [5.74, 6) is 0.297. The number of thioether (sulfide) groups is 1. The first-order valence-electron chi connectivity index (χ1n) is 12.7. The predicted octanol–water partition coefficient (Wildman–Crippen LogP) is 3.38. The number of hydrogen-bond donors (Lipinski definition) is 3. The van der Waals surface area contributed by atoms with Crippen molar-refractivity contribution in [2.75, 3.05) is 35.6 Å². The molecule has 1 unspecified atom stereocenters. The van der Waals surface area contributed by atoms with Crippen molar-refractivity contribution in [1.29, 1.82) is 5.26 Å². The van der Waals surface area contributed by atoms with Crippen molar-refractivity contribution in [2.24, 2.45) is 0 Å². The number of piperidine rings is 1. The third-order valence-electron chi connectivity index (χ3n) is 7.56. The molecule has 6 rings (SSSR count). The highest BCUT2D eigenvalue weighted by atomic mass is 32.2. The lowest BCUT2D eigenvalue weighted by Crippen LogP contribution is -2.46. The second-order valence-corrected chi connectivity index (χ2v) is 10.9. The molecular weight excluding hydrogens is 484 g/mol. The van der Waals surface area contributed by atoms with E-state index in [2.05, 4.69) is 31.9 Å². The number of nitriles is 1. The van der Waals surface area contributed by atoms with Crippen molar-refractivity contribution in [1.82, 2.24) is 15.6 Å². The fourth-order valence-corrected chi connectivity index (χ4v) is 6.39. The van der Waals surface area contributed by atoms with E-state index >= 15 is 0 Å². The number of fused-ring (bicyclic) bond motifs is 2. The molecule has 2 aromatic carbocycles. The second kappa shape index (κ2) is 10.0. The Bertz CT molecular complexity index is 1410. The molecule has 4 heterocycles. The van der Waals surface area contributed by atoms with Crippen LogP contribution in [0.4, 0.5) is 11.4 Å². The zero-order valence-corrected chi connectivity index (χ0v) is 21.2. The Morgan fingerprint density at radius 3 is 2.84 bits per heavy atom. The van der Waals surface area contributed by atoms with Crippen LogP contribution in [-0.4, -0.2) is 54.3 Å². The van der Waals surface area contributed by atoms with Crippen LogP contribution in [0.3, 0.4) is 0 Å². The largest absolute Gasteiger partial charge is 0.371 e. The number of nitrogens with zero attached hydrogens (tertiary/aromatic N) is 3. The normalized spacial score (nSPS) is 21.9. The van der Waals surface area contributed by atoms with Gasteiger partial charge in [0.1, 0.15) is 0 Å². The van der Waals surface area contributed by atoms with Gasteiger partial charge < -0.3 is 20.9 Å². The lowest BCUT2D eigenvalue weighted by atomic mass is 9.95. The smallest absolute Gasteiger partial charge is 0.234 e. The molecule has 1 aromatic heterocycles. The van der Waals surface area contributed by atoms with E-state index in [1.54, 1.807) is 0 Å². The molecule has 0 aliphatic carbocycles.